The van der Waals surface area contributed by atoms with Crippen LogP contribution in [-0.2, 0) is 9.59 Å². The minimum absolute atomic E-state index is 0.0690. The fraction of sp³-hybridized carbons (Fsp3) is 0.417. The summed E-state index contributed by atoms with van der Waals surface area (Å²) in [6.07, 6.45) is 0.608. The molecule has 0 aliphatic carbocycles. The highest BCUT2D eigenvalue weighted by molar-refractivity contribution is 5.92. The molecule has 0 spiro atoms. The van der Waals surface area contributed by atoms with Gasteiger partial charge in [-0.2, -0.15) is 0 Å². The Labute approximate surface area is 183 Å². The van der Waals surface area contributed by atoms with E-state index in [0.717, 1.165) is 43.3 Å². The lowest BCUT2D eigenvalue weighted by Gasteiger charge is -2.36. The van der Waals surface area contributed by atoms with E-state index >= 15 is 0 Å². The predicted octanol–water partition coefficient (Wildman–Crippen LogP) is 3.41. The molecular weight excluding hydrogens is 394 g/mol. The summed E-state index contributed by atoms with van der Waals surface area (Å²) in [7, 11) is 1.60. The lowest BCUT2D eigenvalue weighted by Crippen LogP contribution is -2.49. The number of nitrogens with zero attached hydrogens (tertiary/aromatic N) is 2. The summed E-state index contributed by atoms with van der Waals surface area (Å²) in [6.45, 7) is 7.18. The lowest BCUT2D eigenvalue weighted by molar-refractivity contribution is -0.132. The van der Waals surface area contributed by atoms with E-state index in [-0.39, 0.29) is 18.4 Å². The first kappa shape index (κ1) is 22.5. The van der Waals surface area contributed by atoms with Gasteiger partial charge in [-0.25, -0.2) is 0 Å². The molecule has 0 saturated carbocycles. The van der Waals surface area contributed by atoms with Crippen molar-refractivity contribution in [1.82, 2.24) is 4.90 Å². The molecule has 1 aliphatic heterocycles. The number of carbonyl (C=O) groups is 2. The van der Waals surface area contributed by atoms with Gasteiger partial charge >= 0.3 is 0 Å². The number of ether oxygens (including phenoxy) is 2. The molecule has 1 saturated heterocycles. The van der Waals surface area contributed by atoms with Gasteiger partial charge in [0.15, 0.2) is 6.61 Å². The summed E-state index contributed by atoms with van der Waals surface area (Å²) < 4.78 is 10.6. The number of piperazine rings is 1. The number of carbonyl (C=O) groups excluding carboxylic acids is 2. The van der Waals surface area contributed by atoms with Crippen molar-refractivity contribution >= 4 is 23.2 Å². The predicted molar refractivity (Wildman–Crippen MR) is 122 cm³/mol. The van der Waals surface area contributed by atoms with Crippen molar-refractivity contribution in [3.05, 3.63) is 48.5 Å². The average Bonchev–Trinajstić information content (AvgIpc) is 2.78. The maximum Gasteiger partial charge on any atom is 0.262 e. The van der Waals surface area contributed by atoms with Crippen LogP contribution in [0.4, 0.5) is 11.4 Å². The van der Waals surface area contributed by atoms with Gasteiger partial charge in [0, 0.05) is 44.0 Å². The van der Waals surface area contributed by atoms with Crippen molar-refractivity contribution < 1.29 is 19.1 Å². The first-order valence-electron chi connectivity index (χ1n) is 10.6. The summed E-state index contributed by atoms with van der Waals surface area (Å²) in [5, 5.41) is 2.84. The molecule has 7 nitrogen and oxygen atoms in total. The van der Waals surface area contributed by atoms with E-state index in [1.165, 1.54) is 0 Å². The van der Waals surface area contributed by atoms with Crippen LogP contribution in [0.15, 0.2) is 48.5 Å². The Morgan fingerprint density at radius 3 is 2.13 bits per heavy atom. The number of benzene rings is 2. The minimum atomic E-state index is -0.221. The van der Waals surface area contributed by atoms with Gasteiger partial charge in [-0.3, -0.25) is 9.59 Å². The summed E-state index contributed by atoms with van der Waals surface area (Å²) in [4.78, 5) is 28.6. The van der Waals surface area contributed by atoms with Crippen LogP contribution < -0.4 is 19.7 Å². The van der Waals surface area contributed by atoms with Crippen LogP contribution in [0, 0.1) is 5.92 Å². The van der Waals surface area contributed by atoms with Crippen LogP contribution in [0.25, 0.3) is 0 Å². The van der Waals surface area contributed by atoms with Crippen LogP contribution in [0.3, 0.4) is 0 Å². The second-order valence-electron chi connectivity index (χ2n) is 8.03. The van der Waals surface area contributed by atoms with Gasteiger partial charge in [-0.1, -0.05) is 13.8 Å². The zero-order chi connectivity index (χ0) is 22.2. The molecule has 0 aromatic heterocycles. The number of methoxy groups -OCH3 is 1. The molecule has 3 rings (SSSR count). The maximum atomic E-state index is 12.2. The van der Waals surface area contributed by atoms with E-state index in [4.69, 9.17) is 9.47 Å². The fourth-order valence-corrected chi connectivity index (χ4v) is 3.47. The Balaban J connectivity index is 1.44. The smallest absolute Gasteiger partial charge is 0.262 e. The number of rotatable bonds is 8. The third kappa shape index (κ3) is 6.64. The Hall–Kier alpha value is -3.22. The van der Waals surface area contributed by atoms with Crippen molar-refractivity contribution in [2.24, 2.45) is 5.92 Å². The molecular formula is C24H31N3O4. The summed E-state index contributed by atoms with van der Waals surface area (Å²) in [5.41, 5.74) is 1.81. The Kier molecular flexibility index (Phi) is 7.76. The summed E-state index contributed by atoms with van der Waals surface area (Å²) in [6, 6.07) is 14.8. The van der Waals surface area contributed by atoms with E-state index in [9.17, 15) is 9.59 Å². The largest absolute Gasteiger partial charge is 0.497 e. The van der Waals surface area contributed by atoms with E-state index in [1.807, 2.05) is 29.2 Å². The number of amides is 2. The van der Waals surface area contributed by atoms with Crippen LogP contribution in [0.2, 0.25) is 0 Å². The Bertz CT molecular complexity index is 857. The second kappa shape index (κ2) is 10.7. The van der Waals surface area contributed by atoms with Crippen molar-refractivity contribution in [3.63, 3.8) is 0 Å². The average molecular weight is 426 g/mol. The van der Waals surface area contributed by atoms with E-state index in [0.29, 0.717) is 18.1 Å². The van der Waals surface area contributed by atoms with Crippen LogP contribution in [0.1, 0.15) is 20.3 Å². The summed E-state index contributed by atoms with van der Waals surface area (Å²) in [5.74, 6) is 1.75. The number of nitrogens with one attached hydrogen (secondary N) is 1. The topological polar surface area (TPSA) is 71.1 Å². The lowest BCUT2D eigenvalue weighted by atomic mass is 10.1. The zero-order valence-electron chi connectivity index (χ0n) is 18.5. The molecule has 2 amide bonds. The highest BCUT2D eigenvalue weighted by Gasteiger charge is 2.21. The van der Waals surface area contributed by atoms with Crippen molar-refractivity contribution in [3.8, 4) is 11.5 Å². The molecule has 1 N–H and O–H groups in total. The van der Waals surface area contributed by atoms with E-state index in [1.54, 1.807) is 31.4 Å². The SMILES string of the molecule is COc1ccc(OCC(=O)Nc2ccc(N3CCN(C(=O)CC(C)C)CC3)cc2)cc1. The summed E-state index contributed by atoms with van der Waals surface area (Å²) >= 11 is 0. The molecule has 1 aliphatic rings. The molecule has 0 radical (unpaired) electrons. The first-order valence-corrected chi connectivity index (χ1v) is 10.6. The van der Waals surface area contributed by atoms with Crippen molar-refractivity contribution in [2.75, 3.05) is 50.1 Å². The molecule has 0 unspecified atom stereocenters. The normalized spacial score (nSPS) is 13.8. The maximum absolute atomic E-state index is 12.2. The molecule has 166 valence electrons. The third-order valence-electron chi connectivity index (χ3n) is 5.16. The van der Waals surface area contributed by atoms with Gasteiger partial charge in [0.2, 0.25) is 5.91 Å². The van der Waals surface area contributed by atoms with Gasteiger partial charge in [0.1, 0.15) is 11.5 Å². The number of hydrogen-bond donors (Lipinski definition) is 1. The molecule has 0 bridgehead atoms. The monoisotopic (exact) mass is 425 g/mol. The van der Waals surface area contributed by atoms with Crippen LogP contribution >= 0.6 is 0 Å². The first-order chi connectivity index (χ1) is 14.9. The highest BCUT2D eigenvalue weighted by atomic mass is 16.5. The van der Waals surface area contributed by atoms with Gasteiger partial charge < -0.3 is 24.6 Å². The molecule has 1 heterocycles. The van der Waals surface area contributed by atoms with Gasteiger partial charge in [0.05, 0.1) is 7.11 Å². The van der Waals surface area contributed by atoms with Crippen LogP contribution in [-0.4, -0.2) is 56.6 Å². The van der Waals surface area contributed by atoms with Crippen LogP contribution in [0.5, 0.6) is 11.5 Å². The van der Waals surface area contributed by atoms with Gasteiger partial charge in [-0.15, -0.1) is 0 Å². The third-order valence-corrected chi connectivity index (χ3v) is 5.16. The fourth-order valence-electron chi connectivity index (χ4n) is 3.47. The molecule has 2 aromatic rings. The Morgan fingerprint density at radius 2 is 1.55 bits per heavy atom. The molecule has 1 fully saturated rings. The molecule has 31 heavy (non-hydrogen) atoms. The molecule has 7 heteroatoms. The van der Waals surface area contributed by atoms with Gasteiger partial charge in [-0.05, 0) is 54.4 Å². The minimum Gasteiger partial charge on any atom is -0.497 e. The molecule has 0 atom stereocenters. The van der Waals surface area contributed by atoms with Crippen molar-refractivity contribution in [1.29, 1.82) is 0 Å². The van der Waals surface area contributed by atoms with Crippen molar-refractivity contribution in [2.45, 2.75) is 20.3 Å². The van der Waals surface area contributed by atoms with E-state index in [2.05, 4.69) is 24.1 Å². The Morgan fingerprint density at radius 1 is 0.935 bits per heavy atom. The second-order valence-corrected chi connectivity index (χ2v) is 8.03. The number of hydrogen-bond acceptors (Lipinski definition) is 5. The number of anilines is 2. The highest BCUT2D eigenvalue weighted by Crippen LogP contribution is 2.21. The van der Waals surface area contributed by atoms with Gasteiger partial charge in [0.25, 0.3) is 5.91 Å². The van der Waals surface area contributed by atoms with E-state index < -0.39 is 0 Å². The standard InChI is InChI=1S/C24H31N3O4/c1-18(2)16-24(29)27-14-12-26(13-15-27)20-6-4-19(5-7-20)25-23(28)17-31-22-10-8-21(30-3)9-11-22/h4-11,18H,12-17H2,1-3H3,(H,25,28). The molecule has 2 aromatic carbocycles. The zero-order valence-corrected chi connectivity index (χ0v) is 18.5. The quantitative estimate of drug-likeness (QED) is 0.702.